The highest BCUT2D eigenvalue weighted by Gasteiger charge is 2.14. The van der Waals surface area contributed by atoms with E-state index in [9.17, 15) is 14.9 Å². The fraction of sp³-hybridized carbons (Fsp3) is 0.118. The van der Waals surface area contributed by atoms with E-state index in [4.69, 9.17) is 15.2 Å². The molecule has 0 saturated heterocycles. The molecule has 0 unspecified atom stereocenters. The normalized spacial score (nSPS) is 10.5. The third-order valence-corrected chi connectivity index (χ3v) is 3.19. The topological polar surface area (TPSA) is 105 Å². The highest BCUT2D eigenvalue weighted by atomic mass is 16.6. The van der Waals surface area contributed by atoms with E-state index in [-0.39, 0.29) is 18.0 Å². The molecule has 124 valence electrons. The van der Waals surface area contributed by atoms with Crippen molar-refractivity contribution in [1.29, 1.82) is 0 Å². The van der Waals surface area contributed by atoms with Crippen LogP contribution in [0.3, 0.4) is 0 Å². The molecule has 0 radical (unpaired) electrons. The van der Waals surface area contributed by atoms with E-state index in [1.165, 1.54) is 25.3 Å². The number of carbonyl (C=O) groups excluding carboxylic acids is 1. The number of nitro groups is 1. The van der Waals surface area contributed by atoms with E-state index in [1.807, 2.05) is 0 Å². The van der Waals surface area contributed by atoms with Crippen molar-refractivity contribution >= 4 is 17.7 Å². The van der Waals surface area contributed by atoms with Crippen LogP contribution in [-0.2, 0) is 11.4 Å². The fourth-order valence-electron chi connectivity index (χ4n) is 2.08. The second-order valence-corrected chi connectivity index (χ2v) is 4.82. The molecule has 0 aliphatic rings. The zero-order valence-corrected chi connectivity index (χ0v) is 13.0. The van der Waals surface area contributed by atoms with Crippen molar-refractivity contribution < 1.29 is 19.2 Å². The molecule has 1 amide bonds. The van der Waals surface area contributed by atoms with E-state index in [2.05, 4.69) is 0 Å². The summed E-state index contributed by atoms with van der Waals surface area (Å²) in [7, 11) is 1.52. The van der Waals surface area contributed by atoms with E-state index < -0.39 is 10.8 Å². The Morgan fingerprint density at radius 3 is 2.67 bits per heavy atom. The van der Waals surface area contributed by atoms with Gasteiger partial charge in [-0.2, -0.15) is 0 Å². The van der Waals surface area contributed by atoms with Crippen LogP contribution < -0.4 is 15.2 Å². The number of primary amides is 1. The summed E-state index contributed by atoms with van der Waals surface area (Å²) in [6.45, 7) is 0.0757. The molecule has 2 rings (SSSR count). The summed E-state index contributed by atoms with van der Waals surface area (Å²) in [4.78, 5) is 21.3. The molecule has 7 heteroatoms. The van der Waals surface area contributed by atoms with Gasteiger partial charge >= 0.3 is 5.69 Å². The van der Waals surface area contributed by atoms with E-state index in [0.29, 0.717) is 11.3 Å². The first-order valence-corrected chi connectivity index (χ1v) is 7.02. The van der Waals surface area contributed by atoms with Crippen LogP contribution in [0.4, 0.5) is 5.69 Å². The minimum atomic E-state index is -0.552. The van der Waals surface area contributed by atoms with Gasteiger partial charge in [0.15, 0.2) is 5.75 Å². The molecule has 2 N–H and O–H groups in total. The first kappa shape index (κ1) is 17.0. The molecular formula is C17H16N2O5. The lowest BCUT2D eigenvalue weighted by Crippen LogP contribution is -2.05. The summed E-state index contributed by atoms with van der Waals surface area (Å²) >= 11 is 0. The summed E-state index contributed by atoms with van der Waals surface area (Å²) in [6, 6.07) is 11.4. The number of nitrogens with two attached hydrogens (primary N) is 1. The van der Waals surface area contributed by atoms with Gasteiger partial charge in [0.25, 0.3) is 0 Å². The summed E-state index contributed by atoms with van der Waals surface area (Å²) in [5.41, 5.74) is 6.38. The average molecular weight is 328 g/mol. The van der Waals surface area contributed by atoms with Gasteiger partial charge in [-0.3, -0.25) is 14.9 Å². The first-order valence-electron chi connectivity index (χ1n) is 7.02. The van der Waals surface area contributed by atoms with Crippen LogP contribution in [-0.4, -0.2) is 17.9 Å². The summed E-state index contributed by atoms with van der Waals surface area (Å²) in [5, 5.41) is 11.0. The second kappa shape index (κ2) is 7.77. The molecule has 0 aromatic heterocycles. The number of rotatable bonds is 7. The standard InChI is InChI=1S/C17H16N2O5/c1-23-15-8-6-12(7-9-17(18)20)10-13(15)11-24-16-5-3-2-4-14(16)19(21)22/h2-10H,11H2,1H3,(H2,18,20)/b9-7-. The van der Waals surface area contributed by atoms with Crippen LogP contribution in [0.15, 0.2) is 48.5 Å². The number of hydrogen-bond donors (Lipinski definition) is 1. The molecule has 0 heterocycles. The summed E-state index contributed by atoms with van der Waals surface area (Å²) in [6.07, 6.45) is 2.81. The first-order chi connectivity index (χ1) is 11.5. The van der Waals surface area contributed by atoms with Gasteiger partial charge < -0.3 is 15.2 Å². The SMILES string of the molecule is COc1ccc(/C=C\C(N)=O)cc1COc1ccccc1[N+](=O)[O-]. The number of nitrogens with zero attached hydrogens (tertiary/aromatic N) is 1. The van der Waals surface area contributed by atoms with Crippen molar-refractivity contribution in [3.63, 3.8) is 0 Å². The van der Waals surface area contributed by atoms with E-state index >= 15 is 0 Å². The highest BCUT2D eigenvalue weighted by Crippen LogP contribution is 2.28. The Hall–Kier alpha value is -3.35. The largest absolute Gasteiger partial charge is 0.496 e. The fourth-order valence-corrected chi connectivity index (χ4v) is 2.08. The number of carbonyl (C=O) groups is 1. The summed E-state index contributed by atoms with van der Waals surface area (Å²) < 4.78 is 10.8. The lowest BCUT2D eigenvalue weighted by atomic mass is 10.1. The minimum absolute atomic E-state index is 0.0757. The molecule has 0 atom stereocenters. The van der Waals surface area contributed by atoms with Gasteiger partial charge in [-0.05, 0) is 29.8 Å². The van der Waals surface area contributed by atoms with E-state index in [1.54, 1.807) is 36.4 Å². The maximum absolute atomic E-state index is 11.0. The monoisotopic (exact) mass is 328 g/mol. The molecule has 0 fully saturated rings. The number of nitro benzene ring substituents is 1. The van der Waals surface area contributed by atoms with Crippen LogP contribution >= 0.6 is 0 Å². The van der Waals surface area contributed by atoms with Gasteiger partial charge in [-0.1, -0.05) is 18.2 Å². The zero-order chi connectivity index (χ0) is 17.5. The quantitative estimate of drug-likeness (QED) is 0.478. The molecule has 2 aromatic carbocycles. The van der Waals surface area contributed by atoms with Gasteiger partial charge in [-0.25, -0.2) is 0 Å². The van der Waals surface area contributed by atoms with Crippen LogP contribution in [0.25, 0.3) is 6.08 Å². The van der Waals surface area contributed by atoms with Crippen LogP contribution in [0.5, 0.6) is 11.5 Å². The average Bonchev–Trinajstić information content (AvgIpc) is 2.58. The third-order valence-electron chi connectivity index (χ3n) is 3.19. The molecule has 0 aliphatic heterocycles. The minimum Gasteiger partial charge on any atom is -0.496 e. The van der Waals surface area contributed by atoms with Crippen molar-refractivity contribution in [2.45, 2.75) is 6.61 Å². The zero-order valence-electron chi connectivity index (χ0n) is 13.0. The maximum atomic E-state index is 11.0. The van der Waals surface area contributed by atoms with E-state index in [0.717, 1.165) is 5.56 Å². The Balaban J connectivity index is 2.24. The number of hydrogen-bond acceptors (Lipinski definition) is 5. The molecule has 2 aromatic rings. The van der Waals surface area contributed by atoms with Gasteiger partial charge in [-0.15, -0.1) is 0 Å². The predicted molar refractivity (Wildman–Crippen MR) is 88.7 cm³/mol. The number of methoxy groups -OCH3 is 1. The molecular weight excluding hydrogens is 312 g/mol. The Bertz CT molecular complexity index is 786. The van der Waals surface area contributed by atoms with Gasteiger partial charge in [0.2, 0.25) is 5.91 Å². The van der Waals surface area contributed by atoms with Crippen molar-refractivity contribution in [2.75, 3.05) is 7.11 Å². The van der Waals surface area contributed by atoms with Gasteiger partial charge in [0.05, 0.1) is 12.0 Å². The molecule has 0 saturated carbocycles. The Kier molecular flexibility index (Phi) is 5.51. The van der Waals surface area contributed by atoms with Crippen molar-refractivity contribution in [3.8, 4) is 11.5 Å². The van der Waals surface area contributed by atoms with Gasteiger partial charge in [0, 0.05) is 17.7 Å². The molecule has 0 spiro atoms. The lowest BCUT2D eigenvalue weighted by Gasteiger charge is -2.11. The lowest BCUT2D eigenvalue weighted by molar-refractivity contribution is -0.385. The van der Waals surface area contributed by atoms with Crippen molar-refractivity contribution in [2.24, 2.45) is 5.73 Å². The Morgan fingerprint density at radius 2 is 2.00 bits per heavy atom. The number of para-hydroxylation sites is 2. The van der Waals surface area contributed by atoms with Crippen LogP contribution in [0.2, 0.25) is 0 Å². The maximum Gasteiger partial charge on any atom is 0.310 e. The van der Waals surface area contributed by atoms with Crippen molar-refractivity contribution in [3.05, 3.63) is 69.8 Å². The second-order valence-electron chi connectivity index (χ2n) is 4.82. The van der Waals surface area contributed by atoms with Crippen molar-refractivity contribution in [1.82, 2.24) is 0 Å². The number of benzene rings is 2. The van der Waals surface area contributed by atoms with Crippen LogP contribution in [0, 0.1) is 10.1 Å². The smallest absolute Gasteiger partial charge is 0.310 e. The van der Waals surface area contributed by atoms with Crippen LogP contribution in [0.1, 0.15) is 11.1 Å². The Labute approximate surface area is 138 Å². The Morgan fingerprint density at radius 1 is 1.25 bits per heavy atom. The number of amides is 1. The van der Waals surface area contributed by atoms with Gasteiger partial charge in [0.1, 0.15) is 12.4 Å². The predicted octanol–water partition coefficient (Wildman–Crippen LogP) is 2.68. The third kappa shape index (κ3) is 4.33. The molecule has 7 nitrogen and oxygen atoms in total. The molecule has 0 aliphatic carbocycles. The molecule has 0 bridgehead atoms. The number of ether oxygens (including phenoxy) is 2. The molecule has 24 heavy (non-hydrogen) atoms. The highest BCUT2D eigenvalue weighted by molar-refractivity contribution is 5.90. The summed E-state index contributed by atoms with van der Waals surface area (Å²) in [5.74, 6) is 0.191.